The van der Waals surface area contributed by atoms with Crippen molar-refractivity contribution in [2.24, 2.45) is 11.1 Å². The van der Waals surface area contributed by atoms with Crippen molar-refractivity contribution in [3.05, 3.63) is 28.2 Å². The highest BCUT2D eigenvalue weighted by Crippen LogP contribution is 2.30. The zero-order valence-corrected chi connectivity index (χ0v) is 13.0. The van der Waals surface area contributed by atoms with Crippen molar-refractivity contribution >= 4 is 21.6 Å². The van der Waals surface area contributed by atoms with Gasteiger partial charge in [0.25, 0.3) is 0 Å². The van der Waals surface area contributed by atoms with Gasteiger partial charge in [-0.15, -0.1) is 0 Å². The Bertz CT molecular complexity index is 380. The van der Waals surface area contributed by atoms with Crippen LogP contribution < -0.4 is 10.6 Å². The molecule has 0 heterocycles. The lowest BCUT2D eigenvalue weighted by molar-refractivity contribution is 0.419. The minimum absolute atomic E-state index is 0.0771. The molecular weight excluding hydrogens is 276 g/mol. The molecule has 17 heavy (non-hydrogen) atoms. The van der Waals surface area contributed by atoms with Gasteiger partial charge in [0.05, 0.1) is 5.69 Å². The molecule has 1 aromatic carbocycles. The molecule has 0 spiro atoms. The molecule has 0 aliphatic rings. The van der Waals surface area contributed by atoms with Crippen LogP contribution in [0.5, 0.6) is 0 Å². The van der Waals surface area contributed by atoms with Crippen molar-refractivity contribution in [1.29, 1.82) is 0 Å². The summed E-state index contributed by atoms with van der Waals surface area (Å²) in [6.45, 7) is 9.75. The predicted octanol–water partition coefficient (Wildman–Crippen LogP) is 3.95. The van der Waals surface area contributed by atoms with E-state index in [4.69, 9.17) is 5.73 Å². The third-order valence-electron chi connectivity index (χ3n) is 2.62. The molecule has 2 nitrogen and oxygen atoms in total. The Hall–Kier alpha value is -0.540. The smallest absolute Gasteiger partial charge is 0.0508 e. The van der Waals surface area contributed by atoms with Crippen LogP contribution in [0.15, 0.2) is 22.7 Å². The zero-order chi connectivity index (χ0) is 13.2. The standard InChI is InChI=1S/C14H23BrN2/c1-10(16)11-6-7-13(12(15)8-11)17(5)9-14(2,3)4/h6-8,10H,9,16H2,1-5H3/t10-/m1/s1. The summed E-state index contributed by atoms with van der Waals surface area (Å²) in [5, 5.41) is 0. The third kappa shape index (κ3) is 4.32. The van der Waals surface area contributed by atoms with Gasteiger partial charge in [-0.25, -0.2) is 0 Å². The van der Waals surface area contributed by atoms with Gasteiger partial charge in [0, 0.05) is 24.1 Å². The van der Waals surface area contributed by atoms with E-state index in [9.17, 15) is 0 Å². The van der Waals surface area contributed by atoms with Crippen molar-refractivity contribution in [3.63, 3.8) is 0 Å². The lowest BCUT2D eigenvalue weighted by Gasteiger charge is -2.29. The molecule has 0 bridgehead atoms. The quantitative estimate of drug-likeness (QED) is 0.915. The summed E-state index contributed by atoms with van der Waals surface area (Å²) in [5.74, 6) is 0. The van der Waals surface area contributed by atoms with Crippen LogP contribution in [-0.2, 0) is 0 Å². The van der Waals surface area contributed by atoms with Crippen molar-refractivity contribution in [2.45, 2.75) is 33.7 Å². The Labute approximate surface area is 113 Å². The van der Waals surface area contributed by atoms with E-state index in [1.807, 2.05) is 6.92 Å². The van der Waals surface area contributed by atoms with Gasteiger partial charge in [-0.2, -0.15) is 0 Å². The lowest BCUT2D eigenvalue weighted by Crippen LogP contribution is -2.29. The molecule has 3 heteroatoms. The molecule has 1 atom stereocenters. The molecule has 0 aromatic heterocycles. The number of benzene rings is 1. The van der Waals surface area contributed by atoms with Gasteiger partial charge >= 0.3 is 0 Å². The largest absolute Gasteiger partial charge is 0.373 e. The number of hydrogen-bond donors (Lipinski definition) is 1. The number of hydrogen-bond acceptors (Lipinski definition) is 2. The summed E-state index contributed by atoms with van der Waals surface area (Å²) in [5.41, 5.74) is 8.53. The maximum Gasteiger partial charge on any atom is 0.0508 e. The van der Waals surface area contributed by atoms with E-state index in [0.717, 1.165) is 16.6 Å². The van der Waals surface area contributed by atoms with E-state index >= 15 is 0 Å². The normalized spacial score (nSPS) is 13.6. The first-order valence-electron chi connectivity index (χ1n) is 5.97. The Morgan fingerprint density at radius 2 is 1.94 bits per heavy atom. The fourth-order valence-corrected chi connectivity index (χ4v) is 2.61. The van der Waals surface area contributed by atoms with Gasteiger partial charge in [0.1, 0.15) is 0 Å². The molecule has 0 saturated heterocycles. The fraction of sp³-hybridized carbons (Fsp3) is 0.571. The summed E-state index contributed by atoms with van der Waals surface area (Å²) in [4.78, 5) is 2.27. The van der Waals surface area contributed by atoms with Crippen molar-refractivity contribution in [2.75, 3.05) is 18.5 Å². The Morgan fingerprint density at radius 1 is 1.35 bits per heavy atom. The molecule has 0 saturated carbocycles. The van der Waals surface area contributed by atoms with E-state index < -0.39 is 0 Å². The summed E-state index contributed by atoms with van der Waals surface area (Å²) in [7, 11) is 2.12. The molecule has 0 radical (unpaired) electrons. The average Bonchev–Trinajstić information content (AvgIpc) is 2.14. The van der Waals surface area contributed by atoms with Gasteiger partial charge in [-0.3, -0.25) is 0 Å². The first kappa shape index (κ1) is 14.5. The highest BCUT2D eigenvalue weighted by atomic mass is 79.9. The molecule has 0 fully saturated rings. The molecule has 2 N–H and O–H groups in total. The maximum atomic E-state index is 5.88. The minimum Gasteiger partial charge on any atom is -0.373 e. The van der Waals surface area contributed by atoms with Crippen LogP contribution in [0.4, 0.5) is 5.69 Å². The van der Waals surface area contributed by atoms with E-state index in [2.05, 4.69) is 66.8 Å². The van der Waals surface area contributed by atoms with E-state index in [0.29, 0.717) is 0 Å². The Morgan fingerprint density at radius 3 is 2.35 bits per heavy atom. The van der Waals surface area contributed by atoms with E-state index in [-0.39, 0.29) is 11.5 Å². The van der Waals surface area contributed by atoms with Crippen molar-refractivity contribution in [3.8, 4) is 0 Å². The van der Waals surface area contributed by atoms with Gasteiger partial charge < -0.3 is 10.6 Å². The van der Waals surface area contributed by atoms with Crippen LogP contribution in [0.3, 0.4) is 0 Å². The van der Waals surface area contributed by atoms with Crippen LogP contribution in [0.2, 0.25) is 0 Å². The third-order valence-corrected chi connectivity index (χ3v) is 3.26. The molecule has 0 amide bonds. The number of rotatable bonds is 3. The first-order chi connectivity index (χ1) is 7.70. The van der Waals surface area contributed by atoms with Gasteiger partial charge in [-0.05, 0) is 46.0 Å². The number of nitrogens with zero attached hydrogens (tertiary/aromatic N) is 1. The Balaban J connectivity index is 2.92. The summed E-state index contributed by atoms with van der Waals surface area (Å²) >= 11 is 3.63. The average molecular weight is 299 g/mol. The van der Waals surface area contributed by atoms with Crippen LogP contribution in [0.1, 0.15) is 39.3 Å². The van der Waals surface area contributed by atoms with Crippen molar-refractivity contribution in [1.82, 2.24) is 0 Å². The number of anilines is 1. The molecular formula is C14H23BrN2. The van der Waals surface area contributed by atoms with Crippen LogP contribution in [-0.4, -0.2) is 13.6 Å². The first-order valence-corrected chi connectivity index (χ1v) is 6.76. The summed E-state index contributed by atoms with van der Waals surface area (Å²) < 4.78 is 1.11. The molecule has 0 aliphatic heterocycles. The van der Waals surface area contributed by atoms with Gasteiger partial charge in [0.15, 0.2) is 0 Å². The highest BCUT2D eigenvalue weighted by Gasteiger charge is 2.16. The van der Waals surface area contributed by atoms with E-state index in [1.54, 1.807) is 0 Å². The topological polar surface area (TPSA) is 29.3 Å². The summed E-state index contributed by atoms with van der Waals surface area (Å²) in [6, 6.07) is 6.42. The molecule has 0 unspecified atom stereocenters. The highest BCUT2D eigenvalue weighted by molar-refractivity contribution is 9.10. The second kappa shape index (κ2) is 5.40. The van der Waals surface area contributed by atoms with Gasteiger partial charge in [0.2, 0.25) is 0 Å². The minimum atomic E-state index is 0.0771. The zero-order valence-electron chi connectivity index (χ0n) is 11.4. The van der Waals surface area contributed by atoms with Gasteiger partial charge in [-0.1, -0.05) is 26.8 Å². The molecule has 0 aliphatic carbocycles. The second-order valence-corrected chi connectivity index (χ2v) is 6.77. The van der Waals surface area contributed by atoms with E-state index in [1.165, 1.54) is 5.69 Å². The SMILES string of the molecule is C[C@@H](N)c1ccc(N(C)CC(C)(C)C)c(Br)c1. The fourth-order valence-electron chi connectivity index (χ4n) is 1.91. The van der Waals surface area contributed by atoms with Crippen LogP contribution in [0.25, 0.3) is 0 Å². The lowest BCUT2D eigenvalue weighted by atomic mass is 9.96. The van der Waals surface area contributed by atoms with Crippen LogP contribution in [0, 0.1) is 5.41 Å². The summed E-state index contributed by atoms with van der Waals surface area (Å²) in [6.07, 6.45) is 0. The second-order valence-electron chi connectivity index (χ2n) is 5.92. The molecule has 1 aromatic rings. The number of nitrogens with two attached hydrogens (primary N) is 1. The number of halogens is 1. The molecule has 96 valence electrons. The Kier molecular flexibility index (Phi) is 4.62. The monoisotopic (exact) mass is 298 g/mol. The van der Waals surface area contributed by atoms with Crippen molar-refractivity contribution < 1.29 is 0 Å². The van der Waals surface area contributed by atoms with Crippen LogP contribution >= 0.6 is 15.9 Å². The predicted molar refractivity (Wildman–Crippen MR) is 79.5 cm³/mol. The molecule has 1 rings (SSSR count). The maximum absolute atomic E-state index is 5.88.